The molecule has 0 saturated carbocycles. The molecule has 130 valence electrons. The van der Waals surface area contributed by atoms with Crippen molar-refractivity contribution in [2.75, 3.05) is 0 Å². The Morgan fingerprint density at radius 3 is 2.72 bits per heavy atom. The van der Waals surface area contributed by atoms with Gasteiger partial charge in [0.2, 0.25) is 0 Å². The van der Waals surface area contributed by atoms with Gasteiger partial charge in [0.25, 0.3) is 5.91 Å². The van der Waals surface area contributed by atoms with E-state index in [-0.39, 0.29) is 17.7 Å². The molecule has 1 aromatic carbocycles. The highest BCUT2D eigenvalue weighted by atomic mass is 19.1. The maximum atomic E-state index is 13.5. The Morgan fingerprint density at radius 1 is 1.28 bits per heavy atom. The molecule has 0 fully saturated rings. The highest BCUT2D eigenvalue weighted by Crippen LogP contribution is 2.29. The number of rotatable bonds is 4. The van der Waals surface area contributed by atoms with Gasteiger partial charge in [0.15, 0.2) is 11.6 Å². The van der Waals surface area contributed by atoms with Crippen LogP contribution in [-0.4, -0.2) is 25.8 Å². The SMILES string of the molecule is CCn1cc(Cc2cc(F)cc(F)c2O)c2cnc(C(=O)NO)cc21. The molecule has 2 aromatic heterocycles. The van der Waals surface area contributed by atoms with E-state index in [1.54, 1.807) is 6.20 Å². The number of amides is 1. The monoisotopic (exact) mass is 347 g/mol. The fourth-order valence-corrected chi connectivity index (χ4v) is 2.80. The smallest absolute Gasteiger partial charge is 0.293 e. The third kappa shape index (κ3) is 3.03. The Balaban J connectivity index is 2.10. The summed E-state index contributed by atoms with van der Waals surface area (Å²) >= 11 is 0. The van der Waals surface area contributed by atoms with Gasteiger partial charge in [0.05, 0.1) is 5.52 Å². The van der Waals surface area contributed by atoms with Crippen LogP contribution in [0.3, 0.4) is 0 Å². The first kappa shape index (κ1) is 16.8. The average Bonchev–Trinajstić information content (AvgIpc) is 2.95. The van der Waals surface area contributed by atoms with Gasteiger partial charge < -0.3 is 9.67 Å². The molecule has 1 amide bonds. The lowest BCUT2D eigenvalue weighted by Crippen LogP contribution is -2.19. The molecule has 0 bridgehead atoms. The normalized spacial score (nSPS) is 11.0. The second kappa shape index (κ2) is 6.48. The Labute approximate surface area is 141 Å². The van der Waals surface area contributed by atoms with Crippen molar-refractivity contribution in [1.29, 1.82) is 0 Å². The minimum absolute atomic E-state index is 0.0361. The molecular weight excluding hydrogens is 332 g/mol. The molecule has 0 aliphatic rings. The van der Waals surface area contributed by atoms with E-state index in [4.69, 9.17) is 5.21 Å². The summed E-state index contributed by atoms with van der Waals surface area (Å²) in [5.74, 6) is -3.13. The van der Waals surface area contributed by atoms with E-state index in [1.165, 1.54) is 17.7 Å². The summed E-state index contributed by atoms with van der Waals surface area (Å²) in [5.41, 5.74) is 3.05. The first-order valence-electron chi connectivity index (χ1n) is 7.53. The first-order valence-corrected chi connectivity index (χ1v) is 7.53. The van der Waals surface area contributed by atoms with Crippen LogP contribution in [0.4, 0.5) is 8.78 Å². The zero-order valence-electron chi connectivity index (χ0n) is 13.3. The number of carbonyl (C=O) groups is 1. The van der Waals surface area contributed by atoms with E-state index in [1.807, 2.05) is 11.5 Å². The van der Waals surface area contributed by atoms with Crippen LogP contribution in [-0.2, 0) is 13.0 Å². The van der Waals surface area contributed by atoms with Gasteiger partial charge in [-0.05, 0) is 24.6 Å². The first-order chi connectivity index (χ1) is 11.9. The number of aromatic hydroxyl groups is 1. The van der Waals surface area contributed by atoms with E-state index in [0.29, 0.717) is 29.1 Å². The molecule has 0 atom stereocenters. The van der Waals surface area contributed by atoms with Crippen molar-refractivity contribution in [2.24, 2.45) is 0 Å². The summed E-state index contributed by atoms with van der Waals surface area (Å²) in [4.78, 5) is 15.5. The summed E-state index contributed by atoms with van der Waals surface area (Å²) in [6.07, 6.45) is 3.32. The average molecular weight is 347 g/mol. The third-order valence-electron chi connectivity index (χ3n) is 4.01. The number of phenols is 1. The summed E-state index contributed by atoms with van der Waals surface area (Å²) in [6.45, 7) is 2.49. The van der Waals surface area contributed by atoms with Crippen molar-refractivity contribution in [3.05, 3.63) is 59.0 Å². The summed E-state index contributed by atoms with van der Waals surface area (Å²) < 4.78 is 28.8. The van der Waals surface area contributed by atoms with Crippen molar-refractivity contribution >= 4 is 16.8 Å². The lowest BCUT2D eigenvalue weighted by molar-refractivity contribution is 0.0701. The van der Waals surface area contributed by atoms with Crippen molar-refractivity contribution in [3.8, 4) is 5.75 Å². The van der Waals surface area contributed by atoms with Crippen LogP contribution in [0.15, 0.2) is 30.6 Å². The number of hydroxylamine groups is 1. The molecular formula is C17H15F2N3O3. The number of pyridine rings is 1. The van der Waals surface area contributed by atoms with Crippen LogP contribution >= 0.6 is 0 Å². The van der Waals surface area contributed by atoms with E-state index >= 15 is 0 Å². The number of aryl methyl sites for hydroxylation is 1. The zero-order valence-corrected chi connectivity index (χ0v) is 13.3. The maximum Gasteiger partial charge on any atom is 0.293 e. The Morgan fingerprint density at radius 2 is 2.04 bits per heavy atom. The Bertz CT molecular complexity index is 969. The third-order valence-corrected chi connectivity index (χ3v) is 4.01. The van der Waals surface area contributed by atoms with E-state index in [0.717, 1.165) is 6.07 Å². The summed E-state index contributed by atoms with van der Waals surface area (Å²) in [6, 6.07) is 3.21. The molecule has 8 heteroatoms. The van der Waals surface area contributed by atoms with Crippen LogP contribution in [0, 0.1) is 11.6 Å². The van der Waals surface area contributed by atoms with E-state index in [2.05, 4.69) is 4.98 Å². The van der Waals surface area contributed by atoms with Crippen molar-refractivity contribution in [2.45, 2.75) is 19.9 Å². The predicted molar refractivity (Wildman–Crippen MR) is 85.5 cm³/mol. The van der Waals surface area contributed by atoms with Crippen LogP contribution < -0.4 is 5.48 Å². The molecule has 6 nitrogen and oxygen atoms in total. The van der Waals surface area contributed by atoms with Gasteiger partial charge in [-0.2, -0.15) is 0 Å². The number of nitrogens with zero attached hydrogens (tertiary/aromatic N) is 2. The molecule has 3 N–H and O–H groups in total. The van der Waals surface area contributed by atoms with Crippen molar-refractivity contribution < 1.29 is 23.9 Å². The van der Waals surface area contributed by atoms with Crippen molar-refractivity contribution in [3.63, 3.8) is 0 Å². The quantitative estimate of drug-likeness (QED) is 0.500. The molecule has 0 aliphatic heterocycles. The van der Waals surface area contributed by atoms with E-state index in [9.17, 15) is 18.7 Å². The fraction of sp³-hybridized carbons (Fsp3) is 0.176. The fourth-order valence-electron chi connectivity index (χ4n) is 2.80. The molecule has 0 spiro atoms. The van der Waals surface area contributed by atoms with Gasteiger partial charge in [0, 0.05) is 42.4 Å². The number of fused-ring (bicyclic) bond motifs is 1. The highest BCUT2D eigenvalue weighted by Gasteiger charge is 2.16. The number of hydrogen-bond acceptors (Lipinski definition) is 4. The van der Waals surface area contributed by atoms with Crippen molar-refractivity contribution in [1.82, 2.24) is 15.0 Å². The van der Waals surface area contributed by atoms with Crippen LogP contribution in [0.2, 0.25) is 0 Å². The predicted octanol–water partition coefficient (Wildman–Crippen LogP) is 2.75. The topological polar surface area (TPSA) is 87.4 Å². The number of phenolic OH excluding ortho intramolecular Hbond substituents is 1. The number of hydrogen-bond donors (Lipinski definition) is 3. The molecule has 2 heterocycles. The molecule has 0 radical (unpaired) electrons. The number of benzene rings is 1. The lowest BCUT2D eigenvalue weighted by atomic mass is 10.0. The molecule has 3 aromatic rings. The van der Waals surface area contributed by atoms with Gasteiger partial charge in [-0.1, -0.05) is 0 Å². The summed E-state index contributed by atoms with van der Waals surface area (Å²) in [7, 11) is 0. The van der Waals surface area contributed by atoms with Crippen LogP contribution in [0.5, 0.6) is 5.75 Å². The molecule has 0 aliphatic carbocycles. The lowest BCUT2D eigenvalue weighted by Gasteiger charge is -2.05. The standard InChI is InChI=1S/C17H15F2N3O3/c1-2-22-8-10(3-9-4-11(18)5-13(19)16(9)23)12-7-20-14(6-15(12)22)17(24)21-25/h4-8,23,25H,2-3H2,1H3,(H,21,24). The Kier molecular flexibility index (Phi) is 4.37. The van der Waals surface area contributed by atoms with Crippen LogP contribution in [0.25, 0.3) is 10.9 Å². The number of aromatic nitrogens is 2. The molecule has 25 heavy (non-hydrogen) atoms. The number of carbonyl (C=O) groups excluding carboxylic acids is 1. The van der Waals surface area contributed by atoms with Crippen LogP contribution in [0.1, 0.15) is 28.5 Å². The number of halogens is 2. The van der Waals surface area contributed by atoms with Gasteiger partial charge in [-0.15, -0.1) is 0 Å². The zero-order chi connectivity index (χ0) is 18.1. The second-order valence-electron chi connectivity index (χ2n) is 5.54. The second-order valence-corrected chi connectivity index (χ2v) is 5.54. The number of nitrogens with one attached hydrogen (secondary N) is 1. The highest BCUT2D eigenvalue weighted by molar-refractivity contribution is 5.95. The van der Waals surface area contributed by atoms with Gasteiger partial charge in [0.1, 0.15) is 11.5 Å². The molecule has 0 saturated heterocycles. The minimum Gasteiger partial charge on any atom is -0.505 e. The van der Waals surface area contributed by atoms with Gasteiger partial charge >= 0.3 is 0 Å². The van der Waals surface area contributed by atoms with Gasteiger partial charge in [-0.3, -0.25) is 15.0 Å². The van der Waals surface area contributed by atoms with E-state index < -0.39 is 23.3 Å². The Hall–Kier alpha value is -3.00. The summed E-state index contributed by atoms with van der Waals surface area (Å²) in [5, 5.41) is 19.2. The van der Waals surface area contributed by atoms with Gasteiger partial charge in [-0.25, -0.2) is 14.3 Å². The largest absolute Gasteiger partial charge is 0.505 e. The minimum atomic E-state index is -1.02. The molecule has 0 unspecified atom stereocenters. The maximum absolute atomic E-state index is 13.5. The molecule has 3 rings (SSSR count).